The van der Waals surface area contributed by atoms with E-state index < -0.39 is 0 Å². The van der Waals surface area contributed by atoms with Gasteiger partial charge in [0.05, 0.1) is 0 Å². The van der Waals surface area contributed by atoms with Gasteiger partial charge < -0.3 is 5.32 Å². The van der Waals surface area contributed by atoms with E-state index in [1.807, 2.05) is 0 Å². The first kappa shape index (κ1) is 13.6. The predicted octanol–water partition coefficient (Wildman–Crippen LogP) is 3.07. The lowest BCUT2D eigenvalue weighted by atomic mass is 9.78. The summed E-state index contributed by atoms with van der Waals surface area (Å²) in [6, 6.07) is 12.0. The van der Waals surface area contributed by atoms with E-state index in [0.717, 1.165) is 6.54 Å². The van der Waals surface area contributed by atoms with Crippen LogP contribution in [0.2, 0.25) is 0 Å². The highest BCUT2D eigenvalue weighted by Crippen LogP contribution is 2.33. The summed E-state index contributed by atoms with van der Waals surface area (Å²) in [5, 5.41) is 3.47. The first-order valence-electron chi connectivity index (χ1n) is 7.01. The van der Waals surface area contributed by atoms with Crippen molar-refractivity contribution in [1.29, 1.82) is 0 Å². The van der Waals surface area contributed by atoms with Gasteiger partial charge in [-0.25, -0.2) is 0 Å². The lowest BCUT2D eigenvalue weighted by Crippen LogP contribution is -2.53. The van der Waals surface area contributed by atoms with Gasteiger partial charge in [-0.3, -0.25) is 4.90 Å². The van der Waals surface area contributed by atoms with Crippen LogP contribution in [0.15, 0.2) is 30.3 Å². The van der Waals surface area contributed by atoms with Crippen LogP contribution in [0.1, 0.15) is 38.8 Å². The molecule has 0 saturated carbocycles. The van der Waals surface area contributed by atoms with Crippen molar-refractivity contribution in [1.82, 2.24) is 10.2 Å². The van der Waals surface area contributed by atoms with Gasteiger partial charge in [0.1, 0.15) is 0 Å². The molecule has 0 bridgehead atoms. The summed E-state index contributed by atoms with van der Waals surface area (Å²) in [5.41, 5.74) is 1.77. The summed E-state index contributed by atoms with van der Waals surface area (Å²) >= 11 is 0. The van der Waals surface area contributed by atoms with Crippen molar-refractivity contribution in [3.8, 4) is 0 Å². The van der Waals surface area contributed by atoms with Gasteiger partial charge in [0.15, 0.2) is 0 Å². The van der Waals surface area contributed by atoms with Gasteiger partial charge in [-0.15, -0.1) is 0 Å². The number of likely N-dealkylation sites (tertiary alicyclic amines) is 1. The lowest BCUT2D eigenvalue weighted by Gasteiger charge is -2.46. The zero-order valence-corrected chi connectivity index (χ0v) is 12.1. The maximum atomic E-state index is 3.47. The quantitative estimate of drug-likeness (QED) is 0.882. The second kappa shape index (κ2) is 5.41. The molecule has 0 amide bonds. The first-order chi connectivity index (χ1) is 8.54. The summed E-state index contributed by atoms with van der Waals surface area (Å²) < 4.78 is 0. The summed E-state index contributed by atoms with van der Waals surface area (Å²) in [5.74, 6) is 0. The molecule has 2 nitrogen and oxygen atoms in total. The number of benzene rings is 1. The molecule has 18 heavy (non-hydrogen) atoms. The Bertz CT molecular complexity index is 372. The molecule has 1 aromatic rings. The third-order valence-corrected chi connectivity index (χ3v) is 4.44. The monoisotopic (exact) mass is 246 g/mol. The third kappa shape index (κ3) is 2.76. The highest BCUT2D eigenvalue weighted by atomic mass is 15.2. The molecule has 2 atom stereocenters. The second-order valence-corrected chi connectivity index (χ2v) is 6.18. The third-order valence-electron chi connectivity index (χ3n) is 4.44. The zero-order chi connectivity index (χ0) is 13.2. The molecule has 0 aromatic heterocycles. The van der Waals surface area contributed by atoms with Gasteiger partial charge in [-0.05, 0) is 31.4 Å². The molecule has 2 rings (SSSR count). The van der Waals surface area contributed by atoms with E-state index in [1.54, 1.807) is 0 Å². The number of piperidine rings is 1. The Balaban J connectivity index is 2.08. The number of nitrogens with one attached hydrogen (secondary N) is 1. The van der Waals surface area contributed by atoms with Gasteiger partial charge in [-0.2, -0.15) is 0 Å². The average Bonchev–Trinajstić information content (AvgIpc) is 2.37. The second-order valence-electron chi connectivity index (χ2n) is 6.18. The van der Waals surface area contributed by atoms with Gasteiger partial charge in [0, 0.05) is 25.2 Å². The molecule has 0 spiro atoms. The van der Waals surface area contributed by atoms with Gasteiger partial charge in [0.25, 0.3) is 0 Å². The van der Waals surface area contributed by atoms with Crippen LogP contribution < -0.4 is 5.32 Å². The van der Waals surface area contributed by atoms with Crippen molar-refractivity contribution in [2.24, 2.45) is 5.41 Å². The molecule has 1 aromatic carbocycles. The van der Waals surface area contributed by atoms with Crippen molar-refractivity contribution in [2.75, 3.05) is 20.1 Å². The van der Waals surface area contributed by atoms with Crippen LogP contribution >= 0.6 is 0 Å². The van der Waals surface area contributed by atoms with Crippen molar-refractivity contribution in [3.05, 3.63) is 35.9 Å². The highest BCUT2D eigenvalue weighted by molar-refractivity contribution is 5.18. The van der Waals surface area contributed by atoms with Crippen LogP contribution in [-0.2, 0) is 0 Å². The van der Waals surface area contributed by atoms with Crippen LogP contribution in [0.25, 0.3) is 0 Å². The van der Waals surface area contributed by atoms with E-state index in [0.29, 0.717) is 17.5 Å². The van der Waals surface area contributed by atoms with Crippen molar-refractivity contribution in [2.45, 2.75) is 39.3 Å². The van der Waals surface area contributed by atoms with E-state index in [4.69, 9.17) is 0 Å². The highest BCUT2D eigenvalue weighted by Gasteiger charge is 2.36. The normalized spacial score (nSPS) is 25.9. The molecule has 1 fully saturated rings. The molecule has 0 radical (unpaired) electrons. The summed E-state index contributed by atoms with van der Waals surface area (Å²) in [6.45, 7) is 9.42. The maximum Gasteiger partial charge on any atom is 0.0320 e. The van der Waals surface area contributed by atoms with Gasteiger partial charge >= 0.3 is 0 Å². The van der Waals surface area contributed by atoms with Crippen LogP contribution in [-0.4, -0.2) is 31.1 Å². The lowest BCUT2D eigenvalue weighted by molar-refractivity contribution is 0.0551. The fraction of sp³-hybridized carbons (Fsp3) is 0.625. The van der Waals surface area contributed by atoms with Crippen molar-refractivity contribution in [3.63, 3.8) is 0 Å². The molecule has 2 unspecified atom stereocenters. The van der Waals surface area contributed by atoms with E-state index >= 15 is 0 Å². The summed E-state index contributed by atoms with van der Waals surface area (Å²) in [4.78, 5) is 2.61. The Labute approximate surface area is 111 Å². The van der Waals surface area contributed by atoms with Crippen molar-refractivity contribution >= 4 is 0 Å². The Hall–Kier alpha value is -0.860. The van der Waals surface area contributed by atoms with Crippen LogP contribution in [0, 0.1) is 5.41 Å². The van der Waals surface area contributed by atoms with E-state index in [9.17, 15) is 0 Å². The average molecular weight is 246 g/mol. The van der Waals surface area contributed by atoms with Crippen molar-refractivity contribution < 1.29 is 0 Å². The Morgan fingerprint density at radius 2 is 1.94 bits per heavy atom. The number of hydrogen-bond donors (Lipinski definition) is 1. The Kier molecular flexibility index (Phi) is 4.08. The summed E-state index contributed by atoms with van der Waals surface area (Å²) in [7, 11) is 2.09. The maximum absolute atomic E-state index is 3.47. The fourth-order valence-electron chi connectivity index (χ4n) is 3.21. The van der Waals surface area contributed by atoms with E-state index in [-0.39, 0.29) is 0 Å². The molecule has 2 heteroatoms. The molecule has 1 heterocycles. The first-order valence-corrected chi connectivity index (χ1v) is 7.01. The predicted molar refractivity (Wildman–Crippen MR) is 77.7 cm³/mol. The molecule has 1 N–H and O–H groups in total. The Morgan fingerprint density at radius 3 is 2.50 bits per heavy atom. The van der Waals surface area contributed by atoms with E-state index in [1.165, 1.54) is 18.5 Å². The zero-order valence-electron chi connectivity index (χ0n) is 12.1. The van der Waals surface area contributed by atoms with Crippen LogP contribution in [0.4, 0.5) is 0 Å². The molecular formula is C16H26N2. The minimum absolute atomic E-state index is 0.343. The smallest absolute Gasteiger partial charge is 0.0320 e. The number of rotatable bonds is 3. The number of hydrogen-bond acceptors (Lipinski definition) is 2. The minimum Gasteiger partial charge on any atom is -0.316 e. The van der Waals surface area contributed by atoms with Gasteiger partial charge in [0.2, 0.25) is 0 Å². The SMILES string of the molecule is CNC1CCN(C(C)c2ccccc2)CC1(C)C. The largest absolute Gasteiger partial charge is 0.316 e. The van der Waals surface area contributed by atoms with E-state index in [2.05, 4.69) is 68.4 Å². The van der Waals surface area contributed by atoms with Gasteiger partial charge in [-0.1, -0.05) is 44.2 Å². The molecular weight excluding hydrogens is 220 g/mol. The summed E-state index contributed by atoms with van der Waals surface area (Å²) in [6.07, 6.45) is 1.24. The minimum atomic E-state index is 0.343. The molecule has 1 aliphatic heterocycles. The molecule has 1 aliphatic rings. The molecule has 100 valence electrons. The van der Waals surface area contributed by atoms with Crippen LogP contribution in [0.5, 0.6) is 0 Å². The fourth-order valence-corrected chi connectivity index (χ4v) is 3.21. The van der Waals surface area contributed by atoms with Crippen LogP contribution in [0.3, 0.4) is 0 Å². The topological polar surface area (TPSA) is 15.3 Å². The Morgan fingerprint density at radius 1 is 1.28 bits per heavy atom. The molecule has 1 saturated heterocycles. The standard InChI is InChI=1S/C16H26N2/c1-13(14-8-6-5-7-9-14)18-11-10-15(17-4)16(2,3)12-18/h5-9,13,15,17H,10-12H2,1-4H3. The molecule has 0 aliphatic carbocycles. The number of nitrogens with zero attached hydrogens (tertiary/aromatic N) is 1.